The van der Waals surface area contributed by atoms with E-state index in [0.29, 0.717) is 17.1 Å². The number of halogens is 1. The number of furan rings is 1. The summed E-state index contributed by atoms with van der Waals surface area (Å²) in [7, 11) is 0. The summed E-state index contributed by atoms with van der Waals surface area (Å²) < 4.78 is 12.2. The predicted molar refractivity (Wildman–Crippen MR) is 110 cm³/mol. The summed E-state index contributed by atoms with van der Waals surface area (Å²) in [6.45, 7) is 0.266. The summed E-state index contributed by atoms with van der Waals surface area (Å²) in [5.74, 6) is 1.46. The fourth-order valence-electron chi connectivity index (χ4n) is 2.36. The van der Waals surface area contributed by atoms with Crippen LogP contribution in [-0.4, -0.2) is 17.0 Å². The van der Waals surface area contributed by atoms with Crippen molar-refractivity contribution in [2.24, 2.45) is 5.10 Å². The second-order valence-electron chi connectivity index (χ2n) is 5.94. The number of non-ortho nitro benzene ring substituents is 1. The molecule has 0 spiro atoms. The van der Waals surface area contributed by atoms with Crippen molar-refractivity contribution in [3.05, 3.63) is 92.3 Å². The standard InChI is InChI=1S/C20H16BrN3O5/c21-15-3-7-17(8-4-15)28-13-19-10-9-18(29-19)12-22-23-20(25)11-14-1-5-16(6-2-14)24(26)27/h1-10,12H,11,13H2,(H,23,25)/b22-12+. The lowest BCUT2D eigenvalue weighted by molar-refractivity contribution is -0.384. The molecule has 3 rings (SSSR count). The number of benzene rings is 2. The molecule has 0 fully saturated rings. The van der Waals surface area contributed by atoms with E-state index in [-0.39, 0.29) is 24.6 Å². The second kappa shape index (κ2) is 9.65. The van der Waals surface area contributed by atoms with Crippen molar-refractivity contribution < 1.29 is 18.9 Å². The quantitative estimate of drug-likeness (QED) is 0.309. The summed E-state index contributed by atoms with van der Waals surface area (Å²) >= 11 is 3.36. The summed E-state index contributed by atoms with van der Waals surface area (Å²) in [4.78, 5) is 22.0. The van der Waals surface area contributed by atoms with Crippen molar-refractivity contribution in [2.75, 3.05) is 0 Å². The number of nitro groups is 1. The Morgan fingerprint density at radius 1 is 1.14 bits per heavy atom. The number of ether oxygens (including phenoxy) is 1. The molecule has 2 aromatic carbocycles. The van der Waals surface area contributed by atoms with Gasteiger partial charge >= 0.3 is 0 Å². The zero-order valence-corrected chi connectivity index (χ0v) is 16.7. The first-order valence-corrected chi connectivity index (χ1v) is 9.31. The highest BCUT2D eigenvalue weighted by Crippen LogP contribution is 2.18. The van der Waals surface area contributed by atoms with Gasteiger partial charge in [-0.25, -0.2) is 5.43 Å². The molecular weight excluding hydrogens is 442 g/mol. The Bertz CT molecular complexity index is 1010. The van der Waals surface area contributed by atoms with Crippen LogP contribution in [0.15, 0.2) is 74.7 Å². The molecule has 0 saturated heterocycles. The van der Waals surface area contributed by atoms with Crippen molar-refractivity contribution in [2.45, 2.75) is 13.0 Å². The third-order valence-electron chi connectivity index (χ3n) is 3.77. The van der Waals surface area contributed by atoms with E-state index in [1.165, 1.54) is 30.5 Å². The zero-order valence-electron chi connectivity index (χ0n) is 15.1. The number of nitrogens with one attached hydrogen (secondary N) is 1. The van der Waals surface area contributed by atoms with E-state index in [1.807, 2.05) is 24.3 Å². The molecule has 8 nitrogen and oxygen atoms in total. The molecule has 1 N–H and O–H groups in total. The molecule has 0 aliphatic heterocycles. The maximum atomic E-state index is 11.9. The number of hydrogen-bond donors (Lipinski definition) is 1. The third kappa shape index (κ3) is 6.28. The van der Waals surface area contributed by atoms with Crippen molar-refractivity contribution >= 4 is 33.7 Å². The van der Waals surface area contributed by atoms with Crippen LogP contribution in [0.5, 0.6) is 5.75 Å². The lowest BCUT2D eigenvalue weighted by Crippen LogP contribution is -2.19. The SMILES string of the molecule is O=C(Cc1ccc([N+](=O)[O-])cc1)N/N=C/c1ccc(COc2ccc(Br)cc2)o1. The number of amides is 1. The summed E-state index contributed by atoms with van der Waals surface area (Å²) in [5.41, 5.74) is 3.01. The van der Waals surface area contributed by atoms with Crippen LogP contribution in [0.4, 0.5) is 5.69 Å². The van der Waals surface area contributed by atoms with Crippen LogP contribution in [0.25, 0.3) is 0 Å². The van der Waals surface area contributed by atoms with Gasteiger partial charge in [-0.2, -0.15) is 5.10 Å². The second-order valence-corrected chi connectivity index (χ2v) is 6.86. The molecule has 1 heterocycles. The summed E-state index contributed by atoms with van der Waals surface area (Å²) in [6.07, 6.45) is 1.44. The maximum absolute atomic E-state index is 11.9. The number of carbonyl (C=O) groups is 1. The largest absolute Gasteiger partial charge is 0.486 e. The molecule has 0 unspecified atom stereocenters. The molecule has 29 heavy (non-hydrogen) atoms. The van der Waals surface area contributed by atoms with Crippen molar-refractivity contribution in [1.82, 2.24) is 5.43 Å². The number of hydrogen-bond acceptors (Lipinski definition) is 6. The van der Waals surface area contributed by atoms with Crippen LogP contribution in [0.3, 0.4) is 0 Å². The Hall–Kier alpha value is -3.46. The molecule has 0 aliphatic carbocycles. The Labute approximate surface area is 174 Å². The molecule has 0 aliphatic rings. The molecule has 148 valence electrons. The van der Waals surface area contributed by atoms with Gasteiger partial charge in [0, 0.05) is 16.6 Å². The Morgan fingerprint density at radius 2 is 1.86 bits per heavy atom. The van der Waals surface area contributed by atoms with Gasteiger partial charge in [-0.1, -0.05) is 28.1 Å². The minimum Gasteiger partial charge on any atom is -0.486 e. The van der Waals surface area contributed by atoms with Crippen LogP contribution >= 0.6 is 15.9 Å². The van der Waals surface area contributed by atoms with E-state index < -0.39 is 4.92 Å². The van der Waals surface area contributed by atoms with Gasteiger partial charge in [-0.3, -0.25) is 14.9 Å². The molecule has 0 radical (unpaired) electrons. The molecule has 9 heteroatoms. The predicted octanol–water partition coefficient (Wildman–Crippen LogP) is 4.22. The molecule has 0 bridgehead atoms. The molecule has 0 saturated carbocycles. The highest BCUT2D eigenvalue weighted by atomic mass is 79.9. The van der Waals surface area contributed by atoms with Gasteiger partial charge < -0.3 is 9.15 Å². The first-order chi connectivity index (χ1) is 14.0. The average Bonchev–Trinajstić information content (AvgIpc) is 3.16. The van der Waals surface area contributed by atoms with E-state index in [9.17, 15) is 14.9 Å². The maximum Gasteiger partial charge on any atom is 0.269 e. The lowest BCUT2D eigenvalue weighted by Gasteiger charge is -2.03. The highest BCUT2D eigenvalue weighted by Gasteiger charge is 2.07. The van der Waals surface area contributed by atoms with Crippen LogP contribution in [0.2, 0.25) is 0 Å². The van der Waals surface area contributed by atoms with Crippen LogP contribution in [0, 0.1) is 10.1 Å². The number of nitrogens with zero attached hydrogens (tertiary/aromatic N) is 2. The summed E-state index contributed by atoms with van der Waals surface area (Å²) in [6, 6.07) is 16.7. The fourth-order valence-corrected chi connectivity index (χ4v) is 2.62. The summed E-state index contributed by atoms with van der Waals surface area (Å²) in [5, 5.41) is 14.5. The molecule has 1 amide bonds. The number of hydrazone groups is 1. The molecule has 3 aromatic rings. The number of nitro benzene ring substituents is 1. The van der Waals surface area contributed by atoms with Crippen molar-refractivity contribution in [3.8, 4) is 5.75 Å². The van der Waals surface area contributed by atoms with E-state index in [0.717, 1.165) is 10.2 Å². The van der Waals surface area contributed by atoms with Crippen LogP contribution in [-0.2, 0) is 17.8 Å². The first-order valence-electron chi connectivity index (χ1n) is 8.52. The van der Waals surface area contributed by atoms with Crippen molar-refractivity contribution in [1.29, 1.82) is 0 Å². The lowest BCUT2D eigenvalue weighted by atomic mass is 10.1. The average molecular weight is 458 g/mol. The van der Waals surface area contributed by atoms with E-state index in [1.54, 1.807) is 12.1 Å². The number of rotatable bonds is 8. The van der Waals surface area contributed by atoms with E-state index >= 15 is 0 Å². The highest BCUT2D eigenvalue weighted by molar-refractivity contribution is 9.10. The van der Waals surface area contributed by atoms with E-state index in [2.05, 4.69) is 26.5 Å². The van der Waals surface area contributed by atoms with E-state index in [4.69, 9.17) is 9.15 Å². The molecule has 1 aromatic heterocycles. The van der Waals surface area contributed by atoms with Gasteiger partial charge in [0.1, 0.15) is 23.9 Å². The first kappa shape index (κ1) is 20.3. The topological polar surface area (TPSA) is 107 Å². The Morgan fingerprint density at radius 3 is 2.55 bits per heavy atom. The Balaban J connectivity index is 1.45. The van der Waals surface area contributed by atoms with Gasteiger partial charge in [0.25, 0.3) is 5.69 Å². The normalized spacial score (nSPS) is 10.8. The Kier molecular flexibility index (Phi) is 6.75. The smallest absolute Gasteiger partial charge is 0.269 e. The number of carbonyl (C=O) groups excluding carboxylic acids is 1. The van der Waals surface area contributed by atoms with Gasteiger partial charge in [0.15, 0.2) is 0 Å². The van der Waals surface area contributed by atoms with Gasteiger partial charge in [-0.15, -0.1) is 0 Å². The van der Waals surface area contributed by atoms with Gasteiger partial charge in [0.05, 0.1) is 17.6 Å². The molecule has 0 atom stereocenters. The minimum atomic E-state index is -0.490. The van der Waals surface area contributed by atoms with Gasteiger partial charge in [-0.05, 0) is 42.0 Å². The van der Waals surface area contributed by atoms with Gasteiger partial charge in [0.2, 0.25) is 5.91 Å². The monoisotopic (exact) mass is 457 g/mol. The fraction of sp³-hybridized carbons (Fsp3) is 0.100. The molecular formula is C20H16BrN3O5. The third-order valence-corrected chi connectivity index (χ3v) is 4.30. The van der Waals surface area contributed by atoms with Crippen molar-refractivity contribution in [3.63, 3.8) is 0 Å². The zero-order chi connectivity index (χ0) is 20.6. The minimum absolute atomic E-state index is 0.0232. The van der Waals surface area contributed by atoms with Crippen LogP contribution < -0.4 is 10.2 Å². The van der Waals surface area contributed by atoms with Crippen LogP contribution in [0.1, 0.15) is 17.1 Å².